The molecule has 0 aliphatic heterocycles. The first-order valence-electron chi connectivity index (χ1n) is 6.11. The van der Waals surface area contributed by atoms with E-state index in [-0.39, 0.29) is 17.3 Å². The Morgan fingerprint density at radius 1 is 1.05 bits per heavy atom. The topological polar surface area (TPSA) is 26.3 Å². The van der Waals surface area contributed by atoms with E-state index in [0.717, 1.165) is 23.9 Å². The number of carbonyl (C=O) groups excluding carboxylic acids is 1. The smallest absolute Gasteiger partial charge is 0.387 e. The van der Waals surface area contributed by atoms with Crippen LogP contribution in [0.3, 0.4) is 0 Å². The number of hydrogen-bond donors (Lipinski definition) is 0. The minimum absolute atomic E-state index is 0.0140. The van der Waals surface area contributed by atoms with Crippen molar-refractivity contribution in [3.05, 3.63) is 59.7 Å². The molecule has 0 bridgehead atoms. The van der Waals surface area contributed by atoms with Gasteiger partial charge in [-0.3, -0.25) is 4.79 Å². The lowest BCUT2D eigenvalue weighted by atomic mass is 10.1. The van der Waals surface area contributed by atoms with Gasteiger partial charge in [-0.05, 0) is 42.5 Å². The monoisotopic (exact) mass is 330 g/mol. The molecule has 7 heteroatoms. The molecule has 0 atom stereocenters. The van der Waals surface area contributed by atoms with E-state index in [0.29, 0.717) is 10.5 Å². The average molecular weight is 330 g/mol. The second-order valence-electron chi connectivity index (χ2n) is 4.19. The maximum absolute atomic E-state index is 13.0. The molecular formula is C15H10F4O2S. The third kappa shape index (κ3) is 4.49. The standard InChI is InChI=1S/C15H10F4O2S/c16-12-6-5-11(7-13(12)17)22-8-14(20)9-1-3-10(4-2-9)21-15(18)19/h1-7,15H,8H2. The van der Waals surface area contributed by atoms with Crippen molar-refractivity contribution >= 4 is 17.5 Å². The number of ketones is 1. The first kappa shape index (κ1) is 16.4. The highest BCUT2D eigenvalue weighted by Crippen LogP contribution is 2.22. The summed E-state index contributed by atoms with van der Waals surface area (Å²) in [5, 5.41) is 0. The van der Waals surface area contributed by atoms with Gasteiger partial charge < -0.3 is 4.74 Å². The fourth-order valence-corrected chi connectivity index (χ4v) is 2.44. The molecule has 0 radical (unpaired) electrons. The van der Waals surface area contributed by atoms with E-state index >= 15 is 0 Å². The Morgan fingerprint density at radius 2 is 1.73 bits per heavy atom. The van der Waals surface area contributed by atoms with Crippen LogP contribution in [0.15, 0.2) is 47.4 Å². The molecule has 0 saturated carbocycles. The molecule has 116 valence electrons. The Labute approximate surface area is 128 Å². The number of rotatable bonds is 6. The third-order valence-electron chi connectivity index (χ3n) is 2.66. The van der Waals surface area contributed by atoms with Crippen molar-refractivity contribution in [2.45, 2.75) is 11.5 Å². The summed E-state index contributed by atoms with van der Waals surface area (Å²) in [6.45, 7) is -2.93. The minimum Gasteiger partial charge on any atom is -0.435 e. The number of benzene rings is 2. The zero-order valence-electron chi connectivity index (χ0n) is 11.1. The lowest BCUT2D eigenvalue weighted by Gasteiger charge is -2.05. The van der Waals surface area contributed by atoms with Crippen molar-refractivity contribution in [2.24, 2.45) is 0 Å². The fraction of sp³-hybridized carbons (Fsp3) is 0.133. The second-order valence-corrected chi connectivity index (χ2v) is 5.24. The normalized spacial score (nSPS) is 10.8. The predicted molar refractivity (Wildman–Crippen MR) is 74.5 cm³/mol. The number of carbonyl (C=O) groups is 1. The van der Waals surface area contributed by atoms with Gasteiger partial charge in [-0.25, -0.2) is 8.78 Å². The molecular weight excluding hydrogens is 320 g/mol. The number of Topliss-reactive ketones (excluding diaryl/α,β-unsaturated/α-hetero) is 1. The second kappa shape index (κ2) is 7.31. The van der Waals surface area contributed by atoms with Crippen LogP contribution in [0.5, 0.6) is 5.75 Å². The Morgan fingerprint density at radius 3 is 2.32 bits per heavy atom. The van der Waals surface area contributed by atoms with Crippen molar-refractivity contribution in [3.63, 3.8) is 0 Å². The number of hydrogen-bond acceptors (Lipinski definition) is 3. The summed E-state index contributed by atoms with van der Waals surface area (Å²) in [6.07, 6.45) is 0. The van der Waals surface area contributed by atoms with Crippen LogP contribution in [0.2, 0.25) is 0 Å². The summed E-state index contributed by atoms with van der Waals surface area (Å²) in [6, 6.07) is 8.63. The highest BCUT2D eigenvalue weighted by molar-refractivity contribution is 8.00. The molecule has 22 heavy (non-hydrogen) atoms. The van der Waals surface area contributed by atoms with Crippen molar-refractivity contribution in [2.75, 3.05) is 5.75 Å². The third-order valence-corrected chi connectivity index (χ3v) is 3.66. The van der Waals surface area contributed by atoms with Crippen molar-refractivity contribution < 1.29 is 27.1 Å². The highest BCUT2D eigenvalue weighted by Gasteiger charge is 2.10. The van der Waals surface area contributed by atoms with Gasteiger partial charge in [0.2, 0.25) is 0 Å². The quantitative estimate of drug-likeness (QED) is 0.442. The SMILES string of the molecule is O=C(CSc1ccc(F)c(F)c1)c1ccc(OC(F)F)cc1. The van der Waals surface area contributed by atoms with Crippen LogP contribution in [0.1, 0.15) is 10.4 Å². The fourth-order valence-electron chi connectivity index (χ4n) is 1.62. The molecule has 0 aliphatic rings. The van der Waals surface area contributed by atoms with Gasteiger partial charge in [0.05, 0.1) is 5.75 Å². The van der Waals surface area contributed by atoms with Gasteiger partial charge in [0.1, 0.15) is 5.75 Å². The van der Waals surface area contributed by atoms with Gasteiger partial charge in [0, 0.05) is 10.5 Å². The highest BCUT2D eigenvalue weighted by atomic mass is 32.2. The number of thioether (sulfide) groups is 1. The van der Waals surface area contributed by atoms with Crippen molar-refractivity contribution in [3.8, 4) is 5.75 Å². The van der Waals surface area contributed by atoms with Crippen LogP contribution in [0, 0.1) is 11.6 Å². The summed E-state index contributed by atoms with van der Waals surface area (Å²) in [5.41, 5.74) is 0.316. The molecule has 0 saturated heterocycles. The molecule has 2 nitrogen and oxygen atoms in total. The molecule has 0 amide bonds. The maximum atomic E-state index is 13.0. The van der Waals surface area contributed by atoms with Crippen molar-refractivity contribution in [1.29, 1.82) is 0 Å². The minimum atomic E-state index is -2.93. The summed E-state index contributed by atoms with van der Waals surface area (Å²) in [5.74, 6) is -2.23. The summed E-state index contributed by atoms with van der Waals surface area (Å²) >= 11 is 1.05. The van der Waals surface area contributed by atoms with Crippen LogP contribution in [0.4, 0.5) is 17.6 Å². The van der Waals surface area contributed by atoms with Gasteiger partial charge in [0.15, 0.2) is 17.4 Å². The Hall–Kier alpha value is -2.02. The number of halogens is 4. The molecule has 2 aromatic rings. The summed E-state index contributed by atoms with van der Waals surface area (Å²) in [4.78, 5) is 12.3. The largest absolute Gasteiger partial charge is 0.435 e. The molecule has 2 rings (SSSR count). The molecule has 0 N–H and O–H groups in total. The Bertz CT molecular complexity index is 659. The Balaban J connectivity index is 1.95. The lowest BCUT2D eigenvalue weighted by molar-refractivity contribution is -0.0498. The first-order chi connectivity index (χ1) is 10.5. The van der Waals surface area contributed by atoms with Crippen LogP contribution in [-0.4, -0.2) is 18.1 Å². The van der Waals surface area contributed by atoms with Crippen LogP contribution in [0.25, 0.3) is 0 Å². The van der Waals surface area contributed by atoms with E-state index in [9.17, 15) is 22.4 Å². The molecule has 0 heterocycles. The van der Waals surface area contributed by atoms with Gasteiger partial charge in [-0.15, -0.1) is 11.8 Å². The van der Waals surface area contributed by atoms with Crippen molar-refractivity contribution in [1.82, 2.24) is 0 Å². The van der Waals surface area contributed by atoms with E-state index in [1.165, 1.54) is 30.3 Å². The van der Waals surface area contributed by atoms with E-state index < -0.39 is 18.2 Å². The molecule has 0 spiro atoms. The van der Waals surface area contributed by atoms with E-state index in [1.807, 2.05) is 0 Å². The van der Waals surface area contributed by atoms with Gasteiger partial charge in [0.25, 0.3) is 0 Å². The molecule has 0 aliphatic carbocycles. The zero-order chi connectivity index (χ0) is 16.1. The predicted octanol–water partition coefficient (Wildman–Crippen LogP) is 4.54. The zero-order valence-corrected chi connectivity index (χ0v) is 11.9. The van der Waals surface area contributed by atoms with E-state index in [2.05, 4.69) is 4.74 Å². The van der Waals surface area contributed by atoms with Crippen LogP contribution < -0.4 is 4.74 Å². The van der Waals surface area contributed by atoms with Gasteiger partial charge >= 0.3 is 6.61 Å². The average Bonchev–Trinajstić information content (AvgIpc) is 2.48. The van der Waals surface area contributed by atoms with E-state index in [1.54, 1.807) is 0 Å². The molecule has 0 fully saturated rings. The number of alkyl halides is 2. The summed E-state index contributed by atoms with van der Waals surface area (Å²) in [7, 11) is 0. The first-order valence-corrected chi connectivity index (χ1v) is 7.10. The molecule has 0 aromatic heterocycles. The molecule has 0 unspecified atom stereocenters. The molecule has 2 aromatic carbocycles. The summed E-state index contributed by atoms with van der Waals surface area (Å²) < 4.78 is 54.0. The lowest BCUT2D eigenvalue weighted by Crippen LogP contribution is -2.04. The van der Waals surface area contributed by atoms with Gasteiger partial charge in [-0.1, -0.05) is 0 Å². The van der Waals surface area contributed by atoms with Gasteiger partial charge in [-0.2, -0.15) is 8.78 Å². The van der Waals surface area contributed by atoms with Crippen LogP contribution in [-0.2, 0) is 0 Å². The van der Waals surface area contributed by atoms with Crippen LogP contribution >= 0.6 is 11.8 Å². The maximum Gasteiger partial charge on any atom is 0.387 e. The number of ether oxygens (including phenoxy) is 1. The van der Waals surface area contributed by atoms with E-state index in [4.69, 9.17) is 0 Å². The Kier molecular flexibility index (Phi) is 5.43.